The van der Waals surface area contributed by atoms with E-state index < -0.39 is 12.0 Å². The van der Waals surface area contributed by atoms with E-state index in [0.29, 0.717) is 32.8 Å². The normalized spacial score (nSPS) is 14.9. The van der Waals surface area contributed by atoms with Gasteiger partial charge in [0, 0.05) is 22.6 Å². The zero-order chi connectivity index (χ0) is 31.0. The fourth-order valence-electron chi connectivity index (χ4n) is 6.18. The van der Waals surface area contributed by atoms with Crippen LogP contribution in [0.15, 0.2) is 93.9 Å². The van der Waals surface area contributed by atoms with Crippen LogP contribution in [0.1, 0.15) is 55.2 Å². The highest BCUT2D eigenvalue weighted by atomic mass is 32.1. The van der Waals surface area contributed by atoms with Gasteiger partial charge in [-0.15, -0.1) is 0 Å². The van der Waals surface area contributed by atoms with E-state index in [2.05, 4.69) is 43.5 Å². The van der Waals surface area contributed by atoms with E-state index >= 15 is 0 Å². The monoisotopic (exact) mass is 605 g/mol. The van der Waals surface area contributed by atoms with E-state index in [1.165, 1.54) is 11.3 Å². The molecule has 8 heteroatoms. The third-order valence-electron chi connectivity index (χ3n) is 8.09. The van der Waals surface area contributed by atoms with E-state index in [9.17, 15) is 9.59 Å². The number of allylic oxidation sites excluding steroid dienone is 1. The molecule has 0 saturated heterocycles. The minimum Gasteiger partial charge on any atom is -0.496 e. The van der Waals surface area contributed by atoms with Crippen LogP contribution in [0.4, 0.5) is 0 Å². The molecule has 7 nitrogen and oxygen atoms in total. The Kier molecular flexibility index (Phi) is 8.10. The molecule has 1 aliphatic heterocycles. The van der Waals surface area contributed by atoms with Crippen LogP contribution in [0.2, 0.25) is 0 Å². The SMILES string of the molecule is CCCC1=C(C(=O)OCC)[C@H](c2c(OC)ccc3ccccc23)n2c(s/c(=C\c3cc(C)n(-c4ccccc4)c3C)c2=O)=N1. The summed E-state index contributed by atoms with van der Waals surface area (Å²) in [6, 6.07) is 23.3. The molecule has 0 unspecified atom stereocenters. The third kappa shape index (κ3) is 4.99. The molecule has 0 aliphatic carbocycles. The number of aryl methyl sites for hydroxylation is 1. The van der Waals surface area contributed by atoms with Gasteiger partial charge in [0.1, 0.15) is 11.8 Å². The third-order valence-corrected chi connectivity index (χ3v) is 9.07. The Morgan fingerprint density at radius 1 is 1.02 bits per heavy atom. The largest absolute Gasteiger partial charge is 0.496 e. The highest BCUT2D eigenvalue weighted by Crippen LogP contribution is 2.41. The lowest BCUT2D eigenvalue weighted by Crippen LogP contribution is -2.40. The van der Waals surface area contributed by atoms with Gasteiger partial charge >= 0.3 is 5.97 Å². The Hall–Kier alpha value is -4.69. The number of aromatic nitrogens is 2. The zero-order valence-electron chi connectivity index (χ0n) is 25.6. The Bertz CT molecular complexity index is 2100. The molecule has 1 aliphatic rings. The van der Waals surface area contributed by atoms with Crippen LogP contribution < -0.4 is 19.6 Å². The lowest BCUT2D eigenvalue weighted by molar-refractivity contribution is -0.139. The van der Waals surface area contributed by atoms with Crippen molar-refractivity contribution in [3.63, 3.8) is 0 Å². The molecular weight excluding hydrogens is 570 g/mol. The second-order valence-electron chi connectivity index (χ2n) is 10.8. The summed E-state index contributed by atoms with van der Waals surface area (Å²) in [5.41, 5.74) is 5.67. The van der Waals surface area contributed by atoms with Crippen molar-refractivity contribution in [2.24, 2.45) is 4.99 Å². The number of benzene rings is 3. The van der Waals surface area contributed by atoms with Crippen molar-refractivity contribution in [3.05, 3.63) is 126 Å². The van der Waals surface area contributed by atoms with Gasteiger partial charge in [-0.25, -0.2) is 9.79 Å². The van der Waals surface area contributed by atoms with E-state index in [1.807, 2.05) is 60.7 Å². The van der Waals surface area contributed by atoms with Gasteiger partial charge in [0.2, 0.25) is 0 Å². The quantitative estimate of drug-likeness (QED) is 0.199. The molecule has 2 aromatic heterocycles. The predicted molar refractivity (Wildman–Crippen MR) is 175 cm³/mol. The molecular formula is C36H35N3O4S. The van der Waals surface area contributed by atoms with Crippen LogP contribution in [0.25, 0.3) is 22.5 Å². The molecule has 0 bridgehead atoms. The van der Waals surface area contributed by atoms with Crippen molar-refractivity contribution in [2.45, 2.75) is 46.6 Å². The van der Waals surface area contributed by atoms with Crippen molar-refractivity contribution < 1.29 is 14.3 Å². The summed E-state index contributed by atoms with van der Waals surface area (Å²) in [6.07, 6.45) is 3.29. The fourth-order valence-corrected chi connectivity index (χ4v) is 7.19. The molecule has 5 aromatic rings. The van der Waals surface area contributed by atoms with Gasteiger partial charge in [-0.05, 0) is 73.9 Å². The lowest BCUT2D eigenvalue weighted by atomic mass is 9.90. The molecule has 6 rings (SSSR count). The number of carbonyl (C=O) groups excluding carboxylic acids is 1. The van der Waals surface area contributed by atoms with Gasteiger partial charge in [-0.1, -0.05) is 73.2 Å². The first-order valence-electron chi connectivity index (χ1n) is 14.9. The average molecular weight is 606 g/mol. The summed E-state index contributed by atoms with van der Waals surface area (Å²) >= 11 is 1.34. The molecule has 3 heterocycles. The maximum atomic E-state index is 14.5. The number of fused-ring (bicyclic) bond motifs is 2. The zero-order valence-corrected chi connectivity index (χ0v) is 26.4. The van der Waals surface area contributed by atoms with Crippen LogP contribution in [-0.4, -0.2) is 28.8 Å². The topological polar surface area (TPSA) is 74.8 Å². The van der Waals surface area contributed by atoms with E-state index in [1.54, 1.807) is 18.6 Å². The van der Waals surface area contributed by atoms with E-state index in [4.69, 9.17) is 14.5 Å². The highest BCUT2D eigenvalue weighted by molar-refractivity contribution is 7.07. The number of thiazole rings is 1. The molecule has 0 N–H and O–H groups in total. The summed E-state index contributed by atoms with van der Waals surface area (Å²) in [5.74, 6) is 0.120. The lowest BCUT2D eigenvalue weighted by Gasteiger charge is -2.28. The molecule has 0 saturated carbocycles. The van der Waals surface area contributed by atoms with Gasteiger partial charge in [-0.3, -0.25) is 9.36 Å². The highest BCUT2D eigenvalue weighted by Gasteiger charge is 2.37. The van der Waals surface area contributed by atoms with Gasteiger partial charge < -0.3 is 14.0 Å². The van der Waals surface area contributed by atoms with E-state index in [-0.39, 0.29) is 12.2 Å². The van der Waals surface area contributed by atoms with Crippen molar-refractivity contribution in [2.75, 3.05) is 13.7 Å². The van der Waals surface area contributed by atoms with Crippen molar-refractivity contribution in [3.8, 4) is 11.4 Å². The summed E-state index contributed by atoms with van der Waals surface area (Å²) in [6.45, 7) is 8.17. The Morgan fingerprint density at radius 3 is 2.50 bits per heavy atom. The summed E-state index contributed by atoms with van der Waals surface area (Å²) in [7, 11) is 1.61. The summed E-state index contributed by atoms with van der Waals surface area (Å²) in [4.78, 5) is 33.7. The number of hydrogen-bond donors (Lipinski definition) is 0. The van der Waals surface area contributed by atoms with Gasteiger partial charge in [-0.2, -0.15) is 0 Å². The molecule has 44 heavy (non-hydrogen) atoms. The Labute approximate surface area is 260 Å². The maximum absolute atomic E-state index is 14.5. The first-order chi connectivity index (χ1) is 21.4. The van der Waals surface area contributed by atoms with Gasteiger partial charge in [0.25, 0.3) is 5.56 Å². The summed E-state index contributed by atoms with van der Waals surface area (Å²) < 4.78 is 15.9. The number of esters is 1. The molecule has 0 radical (unpaired) electrons. The number of rotatable bonds is 8. The van der Waals surface area contributed by atoms with E-state index in [0.717, 1.165) is 45.4 Å². The molecule has 1 atom stereocenters. The molecule has 3 aromatic carbocycles. The first kappa shape index (κ1) is 29.4. The predicted octanol–water partition coefficient (Wildman–Crippen LogP) is 6.15. The standard InChI is InChI=1S/C36H35N3O4S/c1-6-13-28-32(35(41)43-7-2)33(31-27-17-12-11-14-24(27)18-19-29(31)42-5)39-34(40)30(44-36(39)37-28)21-25-20-22(3)38(23(25)4)26-15-9-8-10-16-26/h8-12,14-21,33H,6-7,13H2,1-5H3/b30-21-/t33-/m0/s1. The number of methoxy groups -OCH3 is 1. The Morgan fingerprint density at radius 2 is 1.77 bits per heavy atom. The number of para-hydroxylation sites is 1. The van der Waals surface area contributed by atoms with Crippen LogP contribution in [0.3, 0.4) is 0 Å². The second-order valence-corrected chi connectivity index (χ2v) is 11.8. The number of carbonyl (C=O) groups is 1. The number of ether oxygens (including phenoxy) is 2. The second kappa shape index (κ2) is 12.1. The van der Waals surface area contributed by atoms with Crippen LogP contribution in [-0.2, 0) is 9.53 Å². The number of hydrogen-bond acceptors (Lipinski definition) is 6. The first-order valence-corrected chi connectivity index (χ1v) is 15.7. The maximum Gasteiger partial charge on any atom is 0.338 e. The Balaban J connectivity index is 1.65. The molecule has 0 spiro atoms. The molecule has 0 amide bonds. The summed E-state index contributed by atoms with van der Waals surface area (Å²) in [5, 5.41) is 1.88. The van der Waals surface area contributed by atoms with Crippen LogP contribution in [0, 0.1) is 13.8 Å². The van der Waals surface area contributed by atoms with Gasteiger partial charge in [0.15, 0.2) is 4.80 Å². The van der Waals surface area contributed by atoms with Crippen molar-refractivity contribution in [1.82, 2.24) is 9.13 Å². The average Bonchev–Trinajstić information content (AvgIpc) is 3.49. The van der Waals surface area contributed by atoms with Crippen molar-refractivity contribution >= 4 is 34.2 Å². The van der Waals surface area contributed by atoms with Crippen LogP contribution in [0.5, 0.6) is 5.75 Å². The minimum atomic E-state index is -0.771. The van der Waals surface area contributed by atoms with Crippen LogP contribution >= 0.6 is 11.3 Å². The van der Waals surface area contributed by atoms with Crippen molar-refractivity contribution in [1.29, 1.82) is 0 Å². The molecule has 0 fully saturated rings. The number of nitrogens with zero attached hydrogens (tertiary/aromatic N) is 3. The fraction of sp³-hybridized carbons (Fsp3) is 0.250. The van der Waals surface area contributed by atoms with Gasteiger partial charge in [0.05, 0.1) is 29.5 Å². The smallest absolute Gasteiger partial charge is 0.338 e. The minimum absolute atomic E-state index is 0.211. The molecule has 224 valence electrons.